The van der Waals surface area contributed by atoms with E-state index < -0.39 is 21.8 Å². The highest BCUT2D eigenvalue weighted by molar-refractivity contribution is 7.89. The lowest BCUT2D eigenvalue weighted by atomic mass is 10.2. The van der Waals surface area contributed by atoms with Crippen LogP contribution in [0, 0.1) is 13.8 Å². The SMILES string of the molecule is Cc1noc(C)c1S(=O)(=O)N1CCN(c2ncc(C(F)(F)F)cc2Cl)CC1. The number of rotatable bonds is 3. The lowest BCUT2D eigenvalue weighted by Crippen LogP contribution is -2.49. The smallest absolute Gasteiger partial charge is 0.360 e. The van der Waals surface area contributed by atoms with E-state index in [9.17, 15) is 21.6 Å². The molecule has 1 fully saturated rings. The van der Waals surface area contributed by atoms with Crippen molar-refractivity contribution in [2.24, 2.45) is 0 Å². The summed E-state index contributed by atoms with van der Waals surface area (Å²) in [4.78, 5) is 5.51. The maximum atomic E-state index is 12.8. The number of anilines is 1. The van der Waals surface area contributed by atoms with Gasteiger partial charge in [0.2, 0.25) is 10.0 Å². The van der Waals surface area contributed by atoms with Crippen molar-refractivity contribution in [3.63, 3.8) is 0 Å². The van der Waals surface area contributed by atoms with E-state index in [1.54, 1.807) is 11.8 Å². The average molecular weight is 425 g/mol. The molecule has 2 aromatic heterocycles. The molecule has 0 spiro atoms. The van der Waals surface area contributed by atoms with Crippen LogP contribution in [0.1, 0.15) is 17.0 Å². The maximum Gasteiger partial charge on any atom is 0.417 e. The Morgan fingerprint density at radius 3 is 2.30 bits per heavy atom. The van der Waals surface area contributed by atoms with Gasteiger partial charge in [0.1, 0.15) is 16.4 Å². The Labute approximate surface area is 158 Å². The van der Waals surface area contributed by atoms with Crippen LogP contribution < -0.4 is 4.90 Å². The Kier molecular flexibility index (Phi) is 5.12. The number of halogens is 4. The van der Waals surface area contributed by atoms with Gasteiger partial charge in [-0.25, -0.2) is 13.4 Å². The summed E-state index contributed by atoms with van der Waals surface area (Å²) in [5, 5.41) is 3.54. The second kappa shape index (κ2) is 6.95. The monoisotopic (exact) mass is 424 g/mol. The number of aryl methyl sites for hydroxylation is 2. The van der Waals surface area contributed by atoms with Crippen molar-refractivity contribution in [2.75, 3.05) is 31.1 Å². The lowest BCUT2D eigenvalue weighted by Gasteiger charge is -2.35. The van der Waals surface area contributed by atoms with Crippen molar-refractivity contribution in [2.45, 2.75) is 24.9 Å². The summed E-state index contributed by atoms with van der Waals surface area (Å²) in [6.07, 6.45) is -3.81. The Morgan fingerprint density at radius 1 is 1.19 bits per heavy atom. The van der Waals surface area contributed by atoms with E-state index in [4.69, 9.17) is 16.1 Å². The first kappa shape index (κ1) is 19.9. The third-order valence-corrected chi connectivity index (χ3v) is 6.67. The minimum Gasteiger partial charge on any atom is -0.360 e. The lowest BCUT2D eigenvalue weighted by molar-refractivity contribution is -0.137. The summed E-state index contributed by atoms with van der Waals surface area (Å²) in [5.41, 5.74) is -0.654. The summed E-state index contributed by atoms with van der Waals surface area (Å²) >= 11 is 5.96. The standard InChI is InChI=1S/C15H16ClF3N4O3S/c1-9-13(10(2)26-21-9)27(24,25)23-5-3-22(4-6-23)14-12(16)7-11(8-20-14)15(17,18)19/h7-8H,3-6H2,1-2H3. The van der Waals surface area contributed by atoms with Gasteiger partial charge >= 0.3 is 6.18 Å². The third-order valence-electron chi connectivity index (χ3n) is 4.25. The molecule has 148 valence electrons. The highest BCUT2D eigenvalue weighted by atomic mass is 35.5. The van der Waals surface area contributed by atoms with Crippen LogP contribution in [-0.2, 0) is 16.2 Å². The first-order valence-corrected chi connectivity index (χ1v) is 9.74. The number of aromatic nitrogens is 2. The minimum atomic E-state index is -4.53. The van der Waals surface area contributed by atoms with Gasteiger partial charge in [-0.15, -0.1) is 0 Å². The van der Waals surface area contributed by atoms with Gasteiger partial charge in [0.25, 0.3) is 0 Å². The number of hydrogen-bond acceptors (Lipinski definition) is 6. The van der Waals surface area contributed by atoms with Crippen molar-refractivity contribution in [3.05, 3.63) is 34.3 Å². The summed E-state index contributed by atoms with van der Waals surface area (Å²) in [5.74, 6) is 0.404. The predicted molar refractivity (Wildman–Crippen MR) is 91.2 cm³/mol. The predicted octanol–water partition coefficient (Wildman–Crippen LogP) is 2.87. The number of nitrogens with zero attached hydrogens (tertiary/aromatic N) is 4. The second-order valence-electron chi connectivity index (χ2n) is 6.07. The largest absolute Gasteiger partial charge is 0.417 e. The molecule has 12 heteroatoms. The second-order valence-corrected chi connectivity index (χ2v) is 8.35. The third kappa shape index (κ3) is 3.76. The maximum absolute atomic E-state index is 12.8. The van der Waals surface area contributed by atoms with Crippen molar-refractivity contribution >= 4 is 27.4 Å². The summed E-state index contributed by atoms with van der Waals surface area (Å²) < 4.78 is 70.0. The van der Waals surface area contributed by atoms with Crippen molar-refractivity contribution in [3.8, 4) is 0 Å². The molecule has 1 aliphatic rings. The van der Waals surface area contributed by atoms with E-state index in [0.717, 1.165) is 6.07 Å². The Balaban J connectivity index is 1.76. The first-order valence-electron chi connectivity index (χ1n) is 7.92. The topological polar surface area (TPSA) is 79.5 Å². The minimum absolute atomic E-state index is 0.0432. The van der Waals surface area contributed by atoms with Crippen LogP contribution >= 0.6 is 11.6 Å². The van der Waals surface area contributed by atoms with Gasteiger partial charge in [-0.2, -0.15) is 17.5 Å². The van der Waals surface area contributed by atoms with E-state index in [2.05, 4.69) is 10.1 Å². The summed E-state index contributed by atoms with van der Waals surface area (Å²) in [7, 11) is -3.77. The van der Waals surface area contributed by atoms with Gasteiger partial charge in [0.15, 0.2) is 5.76 Å². The van der Waals surface area contributed by atoms with E-state index in [1.807, 2.05) is 0 Å². The molecule has 0 aliphatic carbocycles. The fourth-order valence-corrected chi connectivity index (χ4v) is 4.93. The van der Waals surface area contributed by atoms with Gasteiger partial charge in [-0.1, -0.05) is 16.8 Å². The molecule has 0 aromatic carbocycles. The summed E-state index contributed by atoms with van der Waals surface area (Å²) in [6, 6.07) is 0.816. The van der Waals surface area contributed by atoms with Crippen LogP contribution in [0.2, 0.25) is 5.02 Å². The molecule has 27 heavy (non-hydrogen) atoms. The number of piperazine rings is 1. The van der Waals surface area contributed by atoms with Crippen LogP contribution in [0.15, 0.2) is 21.7 Å². The number of hydrogen-bond donors (Lipinski definition) is 0. The zero-order valence-electron chi connectivity index (χ0n) is 14.4. The molecular weight excluding hydrogens is 409 g/mol. The fourth-order valence-electron chi connectivity index (χ4n) is 2.93. The highest BCUT2D eigenvalue weighted by Gasteiger charge is 2.35. The molecule has 1 aliphatic heterocycles. The molecule has 3 rings (SSSR count). The van der Waals surface area contributed by atoms with Crippen LogP contribution in [0.4, 0.5) is 19.0 Å². The van der Waals surface area contributed by atoms with E-state index >= 15 is 0 Å². The molecule has 0 N–H and O–H groups in total. The number of sulfonamides is 1. The van der Waals surface area contributed by atoms with Crippen molar-refractivity contribution in [1.82, 2.24) is 14.4 Å². The van der Waals surface area contributed by atoms with E-state index in [0.29, 0.717) is 6.20 Å². The van der Waals surface area contributed by atoms with Crippen LogP contribution in [0.25, 0.3) is 0 Å². The van der Waals surface area contributed by atoms with Gasteiger partial charge in [0.05, 0.1) is 10.6 Å². The van der Waals surface area contributed by atoms with Crippen LogP contribution in [-0.4, -0.2) is 49.0 Å². The molecular formula is C15H16ClF3N4O3S. The Hall–Kier alpha value is -1.85. The molecule has 0 atom stereocenters. The summed E-state index contributed by atoms with van der Waals surface area (Å²) in [6.45, 7) is 3.80. The number of alkyl halides is 3. The molecule has 1 saturated heterocycles. The van der Waals surface area contributed by atoms with Gasteiger partial charge in [-0.05, 0) is 19.9 Å². The molecule has 0 unspecified atom stereocenters. The normalized spacial score (nSPS) is 16.7. The van der Waals surface area contributed by atoms with Gasteiger partial charge in [-0.3, -0.25) is 0 Å². The van der Waals surface area contributed by atoms with Gasteiger partial charge in [0, 0.05) is 32.4 Å². The molecule has 0 amide bonds. The molecule has 2 aromatic rings. The highest BCUT2D eigenvalue weighted by Crippen LogP contribution is 2.34. The van der Waals surface area contributed by atoms with Crippen molar-refractivity contribution < 1.29 is 26.1 Å². The molecule has 0 saturated carbocycles. The Bertz CT molecular complexity index is 934. The molecule has 7 nitrogen and oxygen atoms in total. The zero-order chi connectivity index (χ0) is 20.0. The molecule has 0 radical (unpaired) electrons. The average Bonchev–Trinajstić information content (AvgIpc) is 2.93. The number of pyridine rings is 1. The molecule has 3 heterocycles. The van der Waals surface area contributed by atoms with E-state index in [1.165, 1.54) is 11.2 Å². The first-order chi connectivity index (χ1) is 12.5. The van der Waals surface area contributed by atoms with Crippen LogP contribution in [0.5, 0.6) is 0 Å². The molecule has 0 bridgehead atoms. The van der Waals surface area contributed by atoms with Crippen molar-refractivity contribution in [1.29, 1.82) is 0 Å². The quantitative estimate of drug-likeness (QED) is 0.753. The van der Waals surface area contributed by atoms with E-state index in [-0.39, 0.29) is 53.4 Å². The van der Waals surface area contributed by atoms with Crippen LogP contribution in [0.3, 0.4) is 0 Å². The fraction of sp³-hybridized carbons (Fsp3) is 0.467. The van der Waals surface area contributed by atoms with Gasteiger partial charge < -0.3 is 9.42 Å². The zero-order valence-corrected chi connectivity index (χ0v) is 16.0. The Morgan fingerprint density at radius 2 is 1.81 bits per heavy atom.